The van der Waals surface area contributed by atoms with Gasteiger partial charge < -0.3 is 10.6 Å². The van der Waals surface area contributed by atoms with E-state index in [0.717, 1.165) is 21.8 Å². The molecular weight excluding hydrogens is 363 g/mol. The number of halogens is 1. The summed E-state index contributed by atoms with van der Waals surface area (Å²) in [5.74, 6) is 0.677. The number of carbonyl (C=O) groups is 1. The molecule has 94 valence electrons. The SMILES string of the molecule is O=C(Nc1ccnn1C1CNC1)c1csc(I)c1. The first kappa shape index (κ1) is 12.1. The van der Waals surface area contributed by atoms with Crippen molar-refractivity contribution in [3.05, 3.63) is 32.2 Å². The molecule has 2 aromatic rings. The van der Waals surface area contributed by atoms with Gasteiger partial charge in [-0.1, -0.05) is 0 Å². The van der Waals surface area contributed by atoms with Crippen LogP contribution in [0.1, 0.15) is 16.4 Å². The van der Waals surface area contributed by atoms with Gasteiger partial charge in [-0.15, -0.1) is 11.3 Å². The predicted molar refractivity (Wildman–Crippen MR) is 79.1 cm³/mol. The summed E-state index contributed by atoms with van der Waals surface area (Å²) in [6.45, 7) is 1.81. The zero-order chi connectivity index (χ0) is 12.5. The number of nitrogens with one attached hydrogen (secondary N) is 2. The van der Waals surface area contributed by atoms with Crippen molar-refractivity contribution in [2.75, 3.05) is 18.4 Å². The fraction of sp³-hybridized carbons (Fsp3) is 0.273. The Morgan fingerprint density at radius 3 is 3.06 bits per heavy atom. The normalized spacial score (nSPS) is 15.4. The number of aromatic nitrogens is 2. The van der Waals surface area contributed by atoms with E-state index in [-0.39, 0.29) is 5.91 Å². The van der Waals surface area contributed by atoms with Crippen molar-refractivity contribution < 1.29 is 4.79 Å². The lowest BCUT2D eigenvalue weighted by molar-refractivity contribution is 0.102. The molecule has 0 atom stereocenters. The average molecular weight is 374 g/mol. The van der Waals surface area contributed by atoms with Gasteiger partial charge in [-0.3, -0.25) is 4.79 Å². The van der Waals surface area contributed by atoms with E-state index in [9.17, 15) is 4.79 Å². The molecule has 0 aliphatic carbocycles. The second-order valence-corrected chi connectivity index (χ2v) is 6.87. The van der Waals surface area contributed by atoms with Gasteiger partial charge in [0.2, 0.25) is 0 Å². The van der Waals surface area contributed by atoms with E-state index < -0.39 is 0 Å². The van der Waals surface area contributed by atoms with Crippen molar-refractivity contribution in [2.24, 2.45) is 0 Å². The molecule has 3 rings (SSSR count). The van der Waals surface area contributed by atoms with E-state index in [1.165, 1.54) is 0 Å². The van der Waals surface area contributed by atoms with Gasteiger partial charge in [0.05, 0.1) is 20.7 Å². The quantitative estimate of drug-likeness (QED) is 0.808. The summed E-state index contributed by atoms with van der Waals surface area (Å²) in [6.07, 6.45) is 1.71. The third-order valence-electron chi connectivity index (χ3n) is 2.85. The van der Waals surface area contributed by atoms with Crippen LogP contribution in [0.5, 0.6) is 0 Å². The summed E-state index contributed by atoms with van der Waals surface area (Å²) in [4.78, 5) is 12.0. The maximum atomic E-state index is 12.0. The molecule has 2 aromatic heterocycles. The lowest BCUT2D eigenvalue weighted by Crippen LogP contribution is -2.44. The van der Waals surface area contributed by atoms with Gasteiger partial charge in [0.1, 0.15) is 5.82 Å². The summed E-state index contributed by atoms with van der Waals surface area (Å²) in [5, 5.41) is 12.2. The van der Waals surface area contributed by atoms with Crippen molar-refractivity contribution in [3.8, 4) is 0 Å². The van der Waals surface area contributed by atoms with Crippen LogP contribution < -0.4 is 10.6 Å². The molecule has 0 unspecified atom stereocenters. The van der Waals surface area contributed by atoms with Crippen LogP contribution in [0.15, 0.2) is 23.7 Å². The second-order valence-electron chi connectivity index (χ2n) is 4.07. The Labute approximate surface area is 122 Å². The Morgan fingerprint density at radius 2 is 2.44 bits per heavy atom. The summed E-state index contributed by atoms with van der Waals surface area (Å²) >= 11 is 3.77. The molecule has 1 aliphatic rings. The topological polar surface area (TPSA) is 59.0 Å². The number of anilines is 1. The minimum Gasteiger partial charge on any atom is -0.312 e. The number of rotatable bonds is 3. The van der Waals surface area contributed by atoms with Crippen LogP contribution in [0.25, 0.3) is 0 Å². The van der Waals surface area contributed by atoms with E-state index in [0.29, 0.717) is 11.6 Å². The molecule has 18 heavy (non-hydrogen) atoms. The number of hydrogen-bond acceptors (Lipinski definition) is 4. The Kier molecular flexibility index (Phi) is 3.35. The molecule has 0 saturated carbocycles. The van der Waals surface area contributed by atoms with Gasteiger partial charge in [0.25, 0.3) is 5.91 Å². The lowest BCUT2D eigenvalue weighted by Gasteiger charge is -2.28. The van der Waals surface area contributed by atoms with E-state index in [1.807, 2.05) is 22.2 Å². The van der Waals surface area contributed by atoms with E-state index >= 15 is 0 Å². The molecule has 7 heteroatoms. The molecule has 2 N–H and O–H groups in total. The highest BCUT2D eigenvalue weighted by atomic mass is 127. The molecule has 1 amide bonds. The largest absolute Gasteiger partial charge is 0.312 e. The number of nitrogens with zero attached hydrogens (tertiary/aromatic N) is 2. The fourth-order valence-electron chi connectivity index (χ4n) is 1.77. The molecular formula is C11H11IN4OS. The van der Waals surface area contributed by atoms with Gasteiger partial charge in [0, 0.05) is 24.5 Å². The Hall–Kier alpha value is -0.930. The minimum absolute atomic E-state index is 0.0804. The highest BCUT2D eigenvalue weighted by Crippen LogP contribution is 2.20. The molecule has 5 nitrogen and oxygen atoms in total. The number of hydrogen-bond donors (Lipinski definition) is 2. The third kappa shape index (κ3) is 2.29. The monoisotopic (exact) mass is 374 g/mol. The summed E-state index contributed by atoms with van der Waals surface area (Å²) in [5.41, 5.74) is 0.698. The zero-order valence-electron chi connectivity index (χ0n) is 9.39. The summed E-state index contributed by atoms with van der Waals surface area (Å²) in [6, 6.07) is 4.05. The third-order valence-corrected chi connectivity index (χ3v) is 4.64. The average Bonchev–Trinajstić information content (AvgIpc) is 2.86. The van der Waals surface area contributed by atoms with Crippen LogP contribution in [-0.2, 0) is 0 Å². The van der Waals surface area contributed by atoms with Crippen LogP contribution in [0.2, 0.25) is 0 Å². The van der Waals surface area contributed by atoms with Gasteiger partial charge in [-0.2, -0.15) is 5.10 Å². The predicted octanol–water partition coefficient (Wildman–Crippen LogP) is 1.95. The number of amides is 1. The van der Waals surface area contributed by atoms with Crippen molar-refractivity contribution in [2.45, 2.75) is 6.04 Å². The molecule has 3 heterocycles. The molecule has 1 aliphatic heterocycles. The zero-order valence-corrected chi connectivity index (χ0v) is 12.4. The van der Waals surface area contributed by atoms with Crippen molar-refractivity contribution in [1.82, 2.24) is 15.1 Å². The summed E-state index contributed by atoms with van der Waals surface area (Å²) < 4.78 is 2.97. The van der Waals surface area contributed by atoms with E-state index in [2.05, 4.69) is 38.3 Å². The molecule has 0 bridgehead atoms. The highest BCUT2D eigenvalue weighted by molar-refractivity contribution is 14.1. The van der Waals surface area contributed by atoms with E-state index in [1.54, 1.807) is 17.5 Å². The maximum Gasteiger partial charge on any atom is 0.257 e. The minimum atomic E-state index is -0.0804. The first-order chi connectivity index (χ1) is 8.74. The van der Waals surface area contributed by atoms with Crippen molar-refractivity contribution >= 4 is 45.7 Å². The first-order valence-corrected chi connectivity index (χ1v) is 7.49. The standard InChI is InChI=1S/C11H11IN4OS/c12-9-3-7(6-18-9)11(17)15-10-1-2-14-16(10)8-4-13-5-8/h1-3,6,8,13H,4-5H2,(H,15,17). The Morgan fingerprint density at radius 1 is 1.61 bits per heavy atom. The van der Waals surface area contributed by atoms with Crippen LogP contribution in [0, 0.1) is 2.88 Å². The van der Waals surface area contributed by atoms with E-state index in [4.69, 9.17) is 0 Å². The Balaban J connectivity index is 1.76. The van der Waals surface area contributed by atoms with Gasteiger partial charge in [0.15, 0.2) is 0 Å². The van der Waals surface area contributed by atoms with Crippen molar-refractivity contribution in [1.29, 1.82) is 0 Å². The molecule has 0 radical (unpaired) electrons. The lowest BCUT2D eigenvalue weighted by atomic mass is 10.2. The van der Waals surface area contributed by atoms with Crippen molar-refractivity contribution in [3.63, 3.8) is 0 Å². The Bertz CT molecular complexity index is 575. The number of carbonyl (C=O) groups excluding carboxylic acids is 1. The smallest absolute Gasteiger partial charge is 0.257 e. The molecule has 1 saturated heterocycles. The maximum absolute atomic E-state index is 12.0. The van der Waals surface area contributed by atoms with Crippen LogP contribution in [-0.4, -0.2) is 28.8 Å². The van der Waals surface area contributed by atoms with Gasteiger partial charge >= 0.3 is 0 Å². The first-order valence-electron chi connectivity index (χ1n) is 5.53. The van der Waals surface area contributed by atoms with Crippen LogP contribution in [0.4, 0.5) is 5.82 Å². The number of thiophene rings is 1. The van der Waals surface area contributed by atoms with Gasteiger partial charge in [-0.25, -0.2) is 4.68 Å². The summed E-state index contributed by atoms with van der Waals surface area (Å²) in [7, 11) is 0. The van der Waals surface area contributed by atoms with Crippen LogP contribution >= 0.6 is 33.9 Å². The molecule has 0 spiro atoms. The molecule has 1 fully saturated rings. The highest BCUT2D eigenvalue weighted by Gasteiger charge is 2.22. The second kappa shape index (κ2) is 4.98. The van der Waals surface area contributed by atoms with Crippen LogP contribution in [0.3, 0.4) is 0 Å². The fourth-order valence-corrected chi connectivity index (χ4v) is 3.09. The molecule has 0 aromatic carbocycles. The van der Waals surface area contributed by atoms with Gasteiger partial charge in [-0.05, 0) is 28.7 Å².